The zero-order valence-corrected chi connectivity index (χ0v) is 14.8. The molecule has 3 aromatic rings. The fourth-order valence-electron chi connectivity index (χ4n) is 2.39. The fourth-order valence-corrected chi connectivity index (χ4v) is 3.05. The van der Waals surface area contributed by atoms with Crippen molar-refractivity contribution >= 4 is 21.9 Å². The second kappa shape index (κ2) is 7.13. The highest BCUT2D eigenvalue weighted by atomic mass is 35.5. The highest BCUT2D eigenvalue weighted by Gasteiger charge is 2.13. The molecule has 0 saturated carbocycles. The van der Waals surface area contributed by atoms with Crippen molar-refractivity contribution in [3.8, 4) is 22.9 Å². The molecule has 0 aliphatic carbocycles. The lowest BCUT2D eigenvalue weighted by Gasteiger charge is -2.10. The van der Waals surface area contributed by atoms with Gasteiger partial charge in [0.2, 0.25) is 0 Å². The molecule has 8 nitrogen and oxygen atoms in total. The van der Waals surface area contributed by atoms with Crippen LogP contribution in [0.15, 0.2) is 49.1 Å². The summed E-state index contributed by atoms with van der Waals surface area (Å²) in [7, 11) is -4.18. The molecular weight excluding hydrogens is 378 g/mol. The first-order chi connectivity index (χ1) is 12.4. The van der Waals surface area contributed by atoms with Crippen molar-refractivity contribution in [1.82, 2.24) is 14.8 Å². The van der Waals surface area contributed by atoms with Crippen LogP contribution in [-0.4, -0.2) is 23.2 Å². The van der Waals surface area contributed by atoms with Gasteiger partial charge in [-0.25, -0.2) is 9.67 Å². The number of halogens is 1. The lowest BCUT2D eigenvalue weighted by Crippen LogP contribution is -2.19. The molecule has 1 heterocycles. The monoisotopic (exact) mass is 389 g/mol. The van der Waals surface area contributed by atoms with E-state index in [1.165, 1.54) is 18.5 Å². The van der Waals surface area contributed by atoms with E-state index in [0.29, 0.717) is 23.2 Å². The van der Waals surface area contributed by atoms with Crippen LogP contribution in [0.3, 0.4) is 0 Å². The summed E-state index contributed by atoms with van der Waals surface area (Å²) >= 11 is 6.09. The van der Waals surface area contributed by atoms with Gasteiger partial charge in [0.05, 0.1) is 23.2 Å². The van der Waals surface area contributed by atoms with Crippen molar-refractivity contribution in [1.29, 1.82) is 5.26 Å². The molecule has 0 amide bonds. The van der Waals surface area contributed by atoms with Crippen LogP contribution in [0.1, 0.15) is 11.1 Å². The van der Waals surface area contributed by atoms with E-state index >= 15 is 0 Å². The van der Waals surface area contributed by atoms with E-state index in [1.807, 2.05) is 12.1 Å². The summed E-state index contributed by atoms with van der Waals surface area (Å²) in [5.74, 6) is -0.0878. The average molecular weight is 390 g/mol. The summed E-state index contributed by atoms with van der Waals surface area (Å²) in [5, 5.41) is 18.3. The largest absolute Gasteiger partial charge is 0.380 e. The SMILES string of the molecule is N#Cc1ccc(Cn2cncn2)cc1-c1ccc(OS(N)(=O)=O)c(Cl)c1. The number of nitriles is 1. The van der Waals surface area contributed by atoms with Crippen LogP contribution in [0.2, 0.25) is 5.02 Å². The quantitative estimate of drug-likeness (QED) is 0.712. The minimum absolute atomic E-state index is 0.0575. The lowest BCUT2D eigenvalue weighted by atomic mass is 9.97. The van der Waals surface area contributed by atoms with Gasteiger partial charge in [0.1, 0.15) is 12.7 Å². The van der Waals surface area contributed by atoms with Gasteiger partial charge >= 0.3 is 10.3 Å². The standard InChI is InChI=1S/C16H12ClN5O3S/c17-15-6-12(3-4-16(15)25-26(19,23)24)14-5-11(1-2-13(14)7-18)8-22-10-20-9-21-22/h1-6,9-10H,8H2,(H2,19,23,24). The first-order valence-electron chi connectivity index (χ1n) is 7.23. The summed E-state index contributed by atoms with van der Waals surface area (Å²) in [6.45, 7) is 0.485. The maximum atomic E-state index is 11.0. The van der Waals surface area contributed by atoms with Crippen molar-refractivity contribution in [3.05, 3.63) is 65.2 Å². The minimum Gasteiger partial charge on any atom is -0.369 e. The number of rotatable bonds is 5. The molecule has 0 spiro atoms. The molecule has 2 aromatic carbocycles. The third-order valence-electron chi connectivity index (χ3n) is 3.46. The highest BCUT2D eigenvalue weighted by molar-refractivity contribution is 7.84. The van der Waals surface area contributed by atoms with E-state index in [1.54, 1.807) is 23.1 Å². The zero-order valence-electron chi connectivity index (χ0n) is 13.2. The van der Waals surface area contributed by atoms with Crippen LogP contribution in [0.5, 0.6) is 5.75 Å². The van der Waals surface area contributed by atoms with E-state index in [9.17, 15) is 13.7 Å². The summed E-state index contributed by atoms with van der Waals surface area (Å²) in [5.41, 5.74) is 2.64. The number of hydrogen-bond acceptors (Lipinski definition) is 6. The molecular formula is C16H12ClN5O3S. The molecule has 1 aromatic heterocycles. The van der Waals surface area contributed by atoms with Crippen molar-refractivity contribution in [2.45, 2.75) is 6.54 Å². The summed E-state index contributed by atoms with van der Waals surface area (Å²) in [6, 6.07) is 12.0. The molecule has 10 heteroatoms. The van der Waals surface area contributed by atoms with Gasteiger partial charge in [0.25, 0.3) is 0 Å². The van der Waals surface area contributed by atoms with Crippen molar-refractivity contribution in [2.24, 2.45) is 5.14 Å². The van der Waals surface area contributed by atoms with Crippen LogP contribution in [0.4, 0.5) is 0 Å². The highest BCUT2D eigenvalue weighted by Crippen LogP contribution is 2.33. The Bertz CT molecular complexity index is 1090. The van der Waals surface area contributed by atoms with Gasteiger partial charge in [-0.3, -0.25) is 0 Å². The van der Waals surface area contributed by atoms with Gasteiger partial charge in [-0.05, 0) is 41.0 Å². The number of aromatic nitrogens is 3. The molecule has 3 rings (SSSR count). The zero-order chi connectivity index (χ0) is 18.7. The van der Waals surface area contributed by atoms with E-state index in [0.717, 1.165) is 5.56 Å². The van der Waals surface area contributed by atoms with Crippen molar-refractivity contribution in [2.75, 3.05) is 0 Å². The molecule has 0 aliphatic heterocycles. The third kappa shape index (κ3) is 4.18. The normalized spacial score (nSPS) is 11.1. The smallest absolute Gasteiger partial charge is 0.369 e. The van der Waals surface area contributed by atoms with Crippen LogP contribution in [0.25, 0.3) is 11.1 Å². The topological polar surface area (TPSA) is 124 Å². The number of hydrogen-bond donors (Lipinski definition) is 1. The van der Waals surface area contributed by atoms with Crippen LogP contribution < -0.4 is 9.32 Å². The summed E-state index contributed by atoms with van der Waals surface area (Å²) in [4.78, 5) is 3.89. The van der Waals surface area contributed by atoms with Crippen LogP contribution in [0, 0.1) is 11.3 Å². The Balaban J connectivity index is 1.99. The van der Waals surface area contributed by atoms with E-state index in [4.69, 9.17) is 16.7 Å². The predicted molar refractivity (Wildman–Crippen MR) is 94.5 cm³/mol. The summed E-state index contributed by atoms with van der Waals surface area (Å²) < 4.78 is 28.4. The number of nitrogens with zero attached hydrogens (tertiary/aromatic N) is 4. The van der Waals surface area contributed by atoms with Gasteiger partial charge in [0.15, 0.2) is 5.75 Å². The average Bonchev–Trinajstić information content (AvgIpc) is 3.08. The first-order valence-corrected chi connectivity index (χ1v) is 9.08. The Hall–Kier alpha value is -2.93. The minimum atomic E-state index is -4.18. The Kier molecular flexibility index (Phi) is 4.90. The third-order valence-corrected chi connectivity index (χ3v) is 4.17. The maximum absolute atomic E-state index is 11.0. The van der Waals surface area contributed by atoms with Gasteiger partial charge < -0.3 is 4.18 Å². The number of nitrogens with two attached hydrogens (primary N) is 1. The molecule has 0 atom stereocenters. The Morgan fingerprint density at radius 3 is 2.69 bits per heavy atom. The molecule has 26 heavy (non-hydrogen) atoms. The Labute approximate surface area is 154 Å². The van der Waals surface area contributed by atoms with E-state index in [-0.39, 0.29) is 10.8 Å². The lowest BCUT2D eigenvalue weighted by molar-refractivity contribution is 0.488. The van der Waals surface area contributed by atoms with Gasteiger partial charge in [-0.15, -0.1) is 0 Å². The molecule has 2 N–H and O–H groups in total. The molecule has 0 unspecified atom stereocenters. The first kappa shape index (κ1) is 17.9. The fraction of sp³-hybridized carbons (Fsp3) is 0.0625. The molecule has 132 valence electrons. The molecule has 0 radical (unpaired) electrons. The Morgan fingerprint density at radius 1 is 1.27 bits per heavy atom. The van der Waals surface area contributed by atoms with Crippen LogP contribution in [-0.2, 0) is 16.8 Å². The van der Waals surface area contributed by atoms with Crippen molar-refractivity contribution < 1.29 is 12.6 Å². The molecule has 0 aliphatic rings. The second-order valence-electron chi connectivity index (χ2n) is 5.31. The Morgan fingerprint density at radius 2 is 2.08 bits per heavy atom. The van der Waals surface area contributed by atoms with Gasteiger partial charge in [-0.2, -0.15) is 23.9 Å². The molecule has 0 saturated heterocycles. The summed E-state index contributed by atoms with van der Waals surface area (Å²) in [6.07, 6.45) is 3.03. The maximum Gasteiger partial charge on any atom is 0.380 e. The predicted octanol–water partition coefficient (Wildman–Crippen LogP) is 2.10. The van der Waals surface area contributed by atoms with E-state index < -0.39 is 10.3 Å². The molecule has 0 bridgehead atoms. The van der Waals surface area contributed by atoms with Crippen molar-refractivity contribution in [3.63, 3.8) is 0 Å². The number of benzene rings is 2. The van der Waals surface area contributed by atoms with Gasteiger partial charge in [-0.1, -0.05) is 23.7 Å². The van der Waals surface area contributed by atoms with Crippen LogP contribution >= 0.6 is 11.6 Å². The second-order valence-corrected chi connectivity index (χ2v) is 6.87. The molecule has 0 fully saturated rings. The van der Waals surface area contributed by atoms with E-state index in [2.05, 4.69) is 20.3 Å². The van der Waals surface area contributed by atoms with Gasteiger partial charge in [0, 0.05) is 0 Å².